The zero-order valence-corrected chi connectivity index (χ0v) is 12.6. The second-order valence-electron chi connectivity index (χ2n) is 4.82. The average Bonchev–Trinajstić information content (AvgIpc) is 2.46. The summed E-state index contributed by atoms with van der Waals surface area (Å²) in [4.78, 5) is 2.01. The molecule has 1 fully saturated rings. The molecule has 1 saturated heterocycles. The molecule has 0 aromatic heterocycles. The molecule has 0 unspecified atom stereocenters. The van der Waals surface area contributed by atoms with Gasteiger partial charge in [0.2, 0.25) is 6.43 Å². The van der Waals surface area contributed by atoms with Crippen LogP contribution in [0.2, 0.25) is 0 Å². The summed E-state index contributed by atoms with van der Waals surface area (Å²) in [5.74, 6) is -0.385. The summed E-state index contributed by atoms with van der Waals surface area (Å²) in [6.07, 6.45) is -2.65. The van der Waals surface area contributed by atoms with Crippen molar-refractivity contribution in [2.24, 2.45) is 0 Å². The largest absolute Gasteiger partial charge is 0.494 e. The van der Waals surface area contributed by atoms with Gasteiger partial charge in [-0.3, -0.25) is 4.90 Å². The molecule has 1 atom stereocenters. The molecule has 1 N–H and O–H groups in total. The smallest absolute Gasteiger partial charge is 0.240 e. The molecule has 21 heavy (non-hydrogen) atoms. The Morgan fingerprint density at radius 2 is 1.95 bits per heavy atom. The van der Waals surface area contributed by atoms with Gasteiger partial charge in [0.25, 0.3) is 0 Å². The van der Waals surface area contributed by atoms with Crippen LogP contribution in [0.5, 0.6) is 5.75 Å². The van der Waals surface area contributed by atoms with Gasteiger partial charge >= 0.3 is 0 Å². The van der Waals surface area contributed by atoms with Crippen LogP contribution in [0, 0.1) is 5.82 Å². The van der Waals surface area contributed by atoms with Crippen molar-refractivity contribution < 1.29 is 17.9 Å². The number of halogens is 4. The third-order valence-corrected chi connectivity index (χ3v) is 3.55. The number of ether oxygens (including phenoxy) is 1. The van der Waals surface area contributed by atoms with Crippen LogP contribution in [0.3, 0.4) is 0 Å². The summed E-state index contributed by atoms with van der Waals surface area (Å²) >= 11 is 0. The fraction of sp³-hybridized carbons (Fsp3) is 0.571. The van der Waals surface area contributed by atoms with E-state index in [1.54, 1.807) is 6.07 Å². The molecule has 1 aromatic carbocycles. The molecule has 7 heteroatoms. The standard InChI is InChI=1S/C14H19F3N2O.ClH/c1-20-13-8-10(2-3-11(13)15)12(9-14(16)17)19-6-4-18-5-7-19;/h2-3,8,12,14,18H,4-7,9H2,1H3;1H/t12-;/m0./s1. The second-order valence-corrected chi connectivity index (χ2v) is 4.82. The highest BCUT2D eigenvalue weighted by molar-refractivity contribution is 5.85. The van der Waals surface area contributed by atoms with Gasteiger partial charge in [-0.2, -0.15) is 0 Å². The van der Waals surface area contributed by atoms with Crippen molar-refractivity contribution in [3.8, 4) is 5.75 Å². The fourth-order valence-electron chi connectivity index (χ4n) is 2.54. The van der Waals surface area contributed by atoms with E-state index in [-0.39, 0.29) is 24.6 Å². The Morgan fingerprint density at radius 3 is 2.52 bits per heavy atom. The van der Waals surface area contributed by atoms with Gasteiger partial charge in [0, 0.05) is 38.6 Å². The molecule has 1 aliphatic heterocycles. The molecule has 3 nitrogen and oxygen atoms in total. The number of nitrogens with zero attached hydrogens (tertiary/aromatic N) is 1. The molecule has 120 valence electrons. The van der Waals surface area contributed by atoms with Gasteiger partial charge < -0.3 is 10.1 Å². The topological polar surface area (TPSA) is 24.5 Å². The molecular formula is C14H20ClF3N2O. The molecule has 0 bridgehead atoms. The van der Waals surface area contributed by atoms with Crippen LogP contribution in [0.1, 0.15) is 18.0 Å². The van der Waals surface area contributed by atoms with Crippen LogP contribution in [0.4, 0.5) is 13.2 Å². The van der Waals surface area contributed by atoms with Gasteiger partial charge in [0.15, 0.2) is 11.6 Å². The summed E-state index contributed by atoms with van der Waals surface area (Å²) in [6, 6.07) is 3.94. The Balaban J connectivity index is 0.00000220. The van der Waals surface area contributed by atoms with Crippen molar-refractivity contribution in [2.75, 3.05) is 33.3 Å². The molecule has 1 aromatic rings. The predicted octanol–water partition coefficient (Wildman–Crippen LogP) is 2.86. The van der Waals surface area contributed by atoms with Gasteiger partial charge in [-0.05, 0) is 17.7 Å². The van der Waals surface area contributed by atoms with Gasteiger partial charge in [-0.25, -0.2) is 13.2 Å². The third kappa shape index (κ3) is 4.76. The number of rotatable bonds is 5. The normalized spacial score (nSPS) is 17.4. The van der Waals surface area contributed by atoms with Crippen LogP contribution in [0.25, 0.3) is 0 Å². The quantitative estimate of drug-likeness (QED) is 0.901. The highest BCUT2D eigenvalue weighted by Gasteiger charge is 2.26. The first-order valence-electron chi connectivity index (χ1n) is 6.68. The van der Waals surface area contributed by atoms with Crippen molar-refractivity contribution in [3.63, 3.8) is 0 Å². The molecule has 0 radical (unpaired) electrons. The lowest BCUT2D eigenvalue weighted by Gasteiger charge is -2.35. The molecule has 0 aliphatic carbocycles. The highest BCUT2D eigenvalue weighted by atomic mass is 35.5. The van der Waals surface area contributed by atoms with E-state index in [4.69, 9.17) is 4.74 Å². The van der Waals surface area contributed by atoms with Crippen LogP contribution >= 0.6 is 12.4 Å². The fourth-order valence-corrected chi connectivity index (χ4v) is 2.54. The molecule has 0 amide bonds. The number of methoxy groups -OCH3 is 1. The van der Waals surface area contributed by atoms with E-state index in [1.165, 1.54) is 19.2 Å². The SMILES string of the molecule is COc1cc([C@H](CC(F)F)N2CCNCC2)ccc1F.Cl. The van der Waals surface area contributed by atoms with E-state index in [0.29, 0.717) is 18.7 Å². The molecule has 0 saturated carbocycles. The van der Waals surface area contributed by atoms with Crippen LogP contribution < -0.4 is 10.1 Å². The van der Waals surface area contributed by atoms with E-state index in [0.717, 1.165) is 13.1 Å². The first-order chi connectivity index (χ1) is 9.61. The van der Waals surface area contributed by atoms with E-state index in [2.05, 4.69) is 5.32 Å². The number of hydrogen-bond donors (Lipinski definition) is 1. The highest BCUT2D eigenvalue weighted by Crippen LogP contribution is 2.31. The Kier molecular flexibility index (Phi) is 7.28. The van der Waals surface area contributed by atoms with E-state index in [9.17, 15) is 13.2 Å². The lowest BCUT2D eigenvalue weighted by Crippen LogP contribution is -2.45. The summed E-state index contributed by atoms with van der Waals surface area (Å²) in [7, 11) is 1.37. The average molecular weight is 325 g/mol. The zero-order chi connectivity index (χ0) is 14.5. The van der Waals surface area contributed by atoms with Crippen molar-refractivity contribution in [2.45, 2.75) is 18.9 Å². The first kappa shape index (κ1) is 18.1. The maximum Gasteiger partial charge on any atom is 0.240 e. The minimum atomic E-state index is -2.40. The van der Waals surface area contributed by atoms with Gasteiger partial charge in [-0.1, -0.05) is 6.07 Å². The Hall–Kier alpha value is -0.980. The Labute approximate surface area is 128 Å². The lowest BCUT2D eigenvalue weighted by atomic mass is 10.0. The molecule has 2 rings (SSSR count). The minimum absolute atomic E-state index is 0. The lowest BCUT2D eigenvalue weighted by molar-refractivity contribution is 0.0738. The van der Waals surface area contributed by atoms with Crippen LogP contribution in [0.15, 0.2) is 18.2 Å². The summed E-state index contributed by atoms with van der Waals surface area (Å²) in [5.41, 5.74) is 0.672. The first-order valence-corrected chi connectivity index (χ1v) is 6.68. The summed E-state index contributed by atoms with van der Waals surface area (Å²) in [6.45, 7) is 2.96. The molecule has 1 heterocycles. The monoisotopic (exact) mass is 324 g/mol. The van der Waals surface area contributed by atoms with Crippen molar-refractivity contribution >= 4 is 12.4 Å². The van der Waals surface area contributed by atoms with Crippen molar-refractivity contribution in [1.82, 2.24) is 10.2 Å². The van der Waals surface area contributed by atoms with E-state index < -0.39 is 18.3 Å². The molecule has 0 spiro atoms. The molecular weight excluding hydrogens is 305 g/mol. The van der Waals surface area contributed by atoms with Crippen LogP contribution in [-0.4, -0.2) is 44.6 Å². The predicted molar refractivity (Wildman–Crippen MR) is 78.0 cm³/mol. The van der Waals surface area contributed by atoms with E-state index >= 15 is 0 Å². The number of piperazine rings is 1. The van der Waals surface area contributed by atoms with E-state index in [1.807, 2.05) is 4.90 Å². The summed E-state index contributed by atoms with van der Waals surface area (Å²) < 4.78 is 44.1. The Bertz CT molecular complexity index is 442. The zero-order valence-electron chi connectivity index (χ0n) is 11.8. The molecule has 1 aliphatic rings. The maximum atomic E-state index is 13.4. The van der Waals surface area contributed by atoms with Gasteiger partial charge in [-0.15, -0.1) is 12.4 Å². The number of nitrogens with one attached hydrogen (secondary N) is 1. The van der Waals surface area contributed by atoms with Gasteiger partial charge in [0.05, 0.1) is 7.11 Å². The second kappa shape index (κ2) is 8.46. The van der Waals surface area contributed by atoms with Gasteiger partial charge in [0.1, 0.15) is 0 Å². The number of benzene rings is 1. The van der Waals surface area contributed by atoms with Crippen LogP contribution in [-0.2, 0) is 0 Å². The minimum Gasteiger partial charge on any atom is -0.494 e. The number of alkyl halides is 2. The third-order valence-electron chi connectivity index (χ3n) is 3.55. The maximum absolute atomic E-state index is 13.4. The summed E-state index contributed by atoms with van der Waals surface area (Å²) in [5, 5.41) is 3.19. The Morgan fingerprint density at radius 1 is 1.29 bits per heavy atom. The number of hydrogen-bond acceptors (Lipinski definition) is 3. The van der Waals surface area contributed by atoms with Crippen molar-refractivity contribution in [1.29, 1.82) is 0 Å². The van der Waals surface area contributed by atoms with Crippen molar-refractivity contribution in [3.05, 3.63) is 29.6 Å².